The molecule has 0 aromatic heterocycles. The van der Waals surface area contributed by atoms with Gasteiger partial charge in [-0.05, 0) is 36.2 Å². The molecule has 0 bridgehead atoms. The SMILES string of the molecule is CCc1ccc(NC(=O)c2ccc(OC)cc2OC)cc1. The number of benzene rings is 2. The van der Waals surface area contributed by atoms with Gasteiger partial charge in [0.15, 0.2) is 0 Å². The van der Waals surface area contributed by atoms with Crippen LogP contribution in [0.1, 0.15) is 22.8 Å². The summed E-state index contributed by atoms with van der Waals surface area (Å²) >= 11 is 0. The molecule has 2 aromatic carbocycles. The number of hydrogen-bond donors (Lipinski definition) is 1. The quantitative estimate of drug-likeness (QED) is 0.914. The zero-order chi connectivity index (χ0) is 15.2. The number of rotatable bonds is 5. The van der Waals surface area contributed by atoms with Crippen molar-refractivity contribution < 1.29 is 14.3 Å². The summed E-state index contributed by atoms with van der Waals surface area (Å²) in [7, 11) is 3.10. The molecule has 0 unspecified atom stereocenters. The highest BCUT2D eigenvalue weighted by atomic mass is 16.5. The van der Waals surface area contributed by atoms with Crippen molar-refractivity contribution in [2.45, 2.75) is 13.3 Å². The largest absolute Gasteiger partial charge is 0.497 e. The third-order valence-corrected chi connectivity index (χ3v) is 3.27. The monoisotopic (exact) mass is 285 g/mol. The molecule has 0 radical (unpaired) electrons. The Labute approximate surface area is 124 Å². The zero-order valence-corrected chi connectivity index (χ0v) is 12.5. The minimum atomic E-state index is -0.209. The Bertz CT molecular complexity index is 620. The molecule has 4 nitrogen and oxygen atoms in total. The third-order valence-electron chi connectivity index (χ3n) is 3.27. The maximum absolute atomic E-state index is 12.3. The number of methoxy groups -OCH3 is 2. The van der Waals surface area contributed by atoms with Crippen LogP contribution in [0.2, 0.25) is 0 Å². The van der Waals surface area contributed by atoms with Crippen molar-refractivity contribution in [2.75, 3.05) is 19.5 Å². The Morgan fingerprint density at radius 1 is 1.05 bits per heavy atom. The van der Waals surface area contributed by atoms with Gasteiger partial charge in [-0.3, -0.25) is 4.79 Å². The fourth-order valence-electron chi connectivity index (χ4n) is 2.01. The lowest BCUT2D eigenvalue weighted by atomic mass is 10.1. The van der Waals surface area contributed by atoms with E-state index >= 15 is 0 Å². The minimum absolute atomic E-state index is 0.209. The first-order valence-electron chi connectivity index (χ1n) is 6.80. The van der Waals surface area contributed by atoms with Gasteiger partial charge in [-0.1, -0.05) is 19.1 Å². The molecular weight excluding hydrogens is 266 g/mol. The summed E-state index contributed by atoms with van der Waals surface area (Å²) in [6.45, 7) is 2.09. The molecule has 0 spiro atoms. The Kier molecular flexibility index (Phi) is 4.82. The van der Waals surface area contributed by atoms with Crippen LogP contribution >= 0.6 is 0 Å². The number of anilines is 1. The summed E-state index contributed by atoms with van der Waals surface area (Å²) in [5.41, 5.74) is 2.46. The van der Waals surface area contributed by atoms with Crippen molar-refractivity contribution in [3.63, 3.8) is 0 Å². The maximum atomic E-state index is 12.3. The van der Waals surface area contributed by atoms with Crippen molar-refractivity contribution in [1.82, 2.24) is 0 Å². The Balaban J connectivity index is 2.19. The molecule has 0 heterocycles. The molecule has 2 rings (SSSR count). The molecule has 4 heteroatoms. The van der Waals surface area contributed by atoms with Gasteiger partial charge >= 0.3 is 0 Å². The van der Waals surface area contributed by atoms with Crippen LogP contribution in [0.15, 0.2) is 42.5 Å². The second-order valence-electron chi connectivity index (χ2n) is 4.57. The van der Waals surface area contributed by atoms with Gasteiger partial charge in [0.25, 0.3) is 5.91 Å². The van der Waals surface area contributed by atoms with Crippen LogP contribution in [0.4, 0.5) is 5.69 Å². The first kappa shape index (κ1) is 14.9. The molecule has 110 valence electrons. The summed E-state index contributed by atoms with van der Waals surface area (Å²) < 4.78 is 10.4. The zero-order valence-electron chi connectivity index (χ0n) is 12.5. The summed E-state index contributed by atoms with van der Waals surface area (Å²) in [6, 6.07) is 12.9. The average molecular weight is 285 g/mol. The average Bonchev–Trinajstić information content (AvgIpc) is 2.54. The van der Waals surface area contributed by atoms with Gasteiger partial charge in [0.2, 0.25) is 0 Å². The van der Waals surface area contributed by atoms with Crippen molar-refractivity contribution in [1.29, 1.82) is 0 Å². The molecule has 0 aliphatic carbocycles. The van der Waals surface area contributed by atoms with E-state index < -0.39 is 0 Å². The predicted octanol–water partition coefficient (Wildman–Crippen LogP) is 3.52. The normalized spacial score (nSPS) is 10.0. The van der Waals surface area contributed by atoms with Crippen LogP contribution in [0.3, 0.4) is 0 Å². The van der Waals surface area contributed by atoms with E-state index in [1.807, 2.05) is 24.3 Å². The second-order valence-corrected chi connectivity index (χ2v) is 4.57. The van der Waals surface area contributed by atoms with E-state index in [9.17, 15) is 4.79 Å². The number of aryl methyl sites for hydroxylation is 1. The van der Waals surface area contributed by atoms with Gasteiger partial charge in [-0.25, -0.2) is 0 Å². The molecule has 21 heavy (non-hydrogen) atoms. The van der Waals surface area contributed by atoms with Crippen LogP contribution in [-0.4, -0.2) is 20.1 Å². The van der Waals surface area contributed by atoms with E-state index in [1.54, 1.807) is 25.3 Å². The highest BCUT2D eigenvalue weighted by Crippen LogP contribution is 2.25. The Morgan fingerprint density at radius 2 is 1.76 bits per heavy atom. The van der Waals surface area contributed by atoms with Gasteiger partial charge in [0.05, 0.1) is 19.8 Å². The standard InChI is InChI=1S/C17H19NO3/c1-4-12-5-7-13(8-6-12)18-17(19)15-10-9-14(20-2)11-16(15)21-3/h5-11H,4H2,1-3H3,(H,18,19). The highest BCUT2D eigenvalue weighted by Gasteiger charge is 2.13. The topological polar surface area (TPSA) is 47.6 Å². The molecule has 0 aliphatic heterocycles. The first-order valence-corrected chi connectivity index (χ1v) is 6.80. The Hall–Kier alpha value is -2.49. The maximum Gasteiger partial charge on any atom is 0.259 e. The lowest BCUT2D eigenvalue weighted by Gasteiger charge is -2.11. The van der Waals surface area contributed by atoms with Crippen LogP contribution in [0.25, 0.3) is 0 Å². The first-order chi connectivity index (χ1) is 10.2. The summed E-state index contributed by atoms with van der Waals surface area (Å²) in [5.74, 6) is 0.923. The van der Waals surface area contributed by atoms with Gasteiger partial charge in [-0.15, -0.1) is 0 Å². The van der Waals surface area contributed by atoms with E-state index in [2.05, 4.69) is 12.2 Å². The fourth-order valence-corrected chi connectivity index (χ4v) is 2.01. The van der Waals surface area contributed by atoms with Gasteiger partial charge < -0.3 is 14.8 Å². The third kappa shape index (κ3) is 3.54. The smallest absolute Gasteiger partial charge is 0.259 e. The van der Waals surface area contributed by atoms with Gasteiger partial charge in [-0.2, -0.15) is 0 Å². The molecule has 0 saturated carbocycles. The summed E-state index contributed by atoms with van der Waals surface area (Å²) in [5, 5.41) is 2.86. The molecule has 0 atom stereocenters. The van der Waals surface area contributed by atoms with E-state index in [0.29, 0.717) is 17.1 Å². The van der Waals surface area contributed by atoms with Crippen LogP contribution < -0.4 is 14.8 Å². The number of nitrogens with one attached hydrogen (secondary N) is 1. The number of carbonyl (C=O) groups is 1. The van der Waals surface area contributed by atoms with Crippen LogP contribution in [0, 0.1) is 0 Å². The van der Waals surface area contributed by atoms with E-state index in [1.165, 1.54) is 12.7 Å². The lowest BCUT2D eigenvalue weighted by molar-refractivity contribution is 0.102. The Morgan fingerprint density at radius 3 is 2.33 bits per heavy atom. The molecule has 1 amide bonds. The highest BCUT2D eigenvalue weighted by molar-refractivity contribution is 6.06. The number of hydrogen-bond acceptors (Lipinski definition) is 3. The van der Waals surface area contributed by atoms with E-state index in [4.69, 9.17) is 9.47 Å². The van der Waals surface area contributed by atoms with E-state index in [-0.39, 0.29) is 5.91 Å². The van der Waals surface area contributed by atoms with Crippen molar-refractivity contribution in [3.8, 4) is 11.5 Å². The number of amides is 1. The molecule has 2 aromatic rings. The predicted molar refractivity (Wildman–Crippen MR) is 83.3 cm³/mol. The van der Waals surface area contributed by atoms with Crippen molar-refractivity contribution >= 4 is 11.6 Å². The van der Waals surface area contributed by atoms with Crippen LogP contribution in [0.5, 0.6) is 11.5 Å². The molecule has 0 aliphatic rings. The van der Waals surface area contributed by atoms with E-state index in [0.717, 1.165) is 12.1 Å². The summed E-state index contributed by atoms with van der Waals surface area (Å²) in [6.07, 6.45) is 0.973. The molecule has 0 saturated heterocycles. The molecule has 0 fully saturated rings. The van der Waals surface area contributed by atoms with Crippen molar-refractivity contribution in [3.05, 3.63) is 53.6 Å². The number of ether oxygens (including phenoxy) is 2. The van der Waals surface area contributed by atoms with Crippen LogP contribution in [-0.2, 0) is 6.42 Å². The van der Waals surface area contributed by atoms with Gasteiger partial charge in [0.1, 0.15) is 11.5 Å². The molecular formula is C17H19NO3. The van der Waals surface area contributed by atoms with Gasteiger partial charge in [0, 0.05) is 11.8 Å². The number of carbonyl (C=O) groups excluding carboxylic acids is 1. The minimum Gasteiger partial charge on any atom is -0.497 e. The second kappa shape index (κ2) is 6.79. The lowest BCUT2D eigenvalue weighted by Crippen LogP contribution is -2.13. The fraction of sp³-hybridized carbons (Fsp3) is 0.235. The molecule has 1 N–H and O–H groups in total. The van der Waals surface area contributed by atoms with Crippen molar-refractivity contribution in [2.24, 2.45) is 0 Å². The summed E-state index contributed by atoms with van der Waals surface area (Å²) in [4.78, 5) is 12.3.